The Balaban J connectivity index is 0.000000319. The fourth-order valence-electron chi connectivity index (χ4n) is 7.14. The first-order valence-electron chi connectivity index (χ1n) is 17.7. The highest BCUT2D eigenvalue weighted by Gasteiger charge is 2.52. The van der Waals surface area contributed by atoms with Crippen molar-refractivity contribution in [3.63, 3.8) is 0 Å². The van der Waals surface area contributed by atoms with E-state index in [2.05, 4.69) is 9.47 Å². The summed E-state index contributed by atoms with van der Waals surface area (Å²) in [6.45, 7) is 2.11. The summed E-state index contributed by atoms with van der Waals surface area (Å²) in [7, 11) is 2.48. The van der Waals surface area contributed by atoms with Crippen LogP contribution in [0, 0.1) is 116 Å². The number of halogens is 20. The number of nitrogens with zero attached hydrogens (tertiary/aromatic N) is 1. The molecule has 1 heterocycles. The average Bonchev–Trinajstić information content (AvgIpc) is 3.31. The highest BCUT2D eigenvalue weighted by molar-refractivity contribution is 7.20. The lowest BCUT2D eigenvalue weighted by atomic mass is 9.12. The zero-order valence-corrected chi connectivity index (χ0v) is 33.0. The monoisotopic (exact) mass is 979 g/mol. The van der Waals surface area contributed by atoms with Gasteiger partial charge in [-0.3, -0.25) is 0 Å². The third-order valence-corrected chi connectivity index (χ3v) is 10.1. The molecule has 0 radical (unpaired) electrons. The van der Waals surface area contributed by atoms with Crippen LogP contribution in [0.5, 0.6) is 0 Å². The number of carbonyl (C=O) groups excluding carboxylic acids is 2. The topological polar surface area (TPSA) is 56.5 Å². The standard InChI is InChI=1S/C24BF20.C17H18NO4/c26-5-1(6(27)14(35)21(42)13(5)34)25(2-7(28)15(36)22(43)16(37)8(2)29,3-9(30)17(38)23(44)18(39)10(3)31)4-11(32)19(40)24(45)20(41)12(4)33;1-12(15(16(19)21-2)17(20)22-3)10-18-9-8-13-6-4-5-7-14(13)11-18/h;4-9,11H,10H2,1-3H3/q-1;+1. The number of ether oxygens (including phenoxy) is 2. The van der Waals surface area contributed by atoms with Gasteiger partial charge in [0.05, 0.1) is 14.2 Å². The van der Waals surface area contributed by atoms with Crippen LogP contribution in [-0.2, 0) is 25.6 Å². The quantitative estimate of drug-likeness (QED) is 0.0181. The number of pyridine rings is 1. The van der Waals surface area contributed by atoms with Crippen molar-refractivity contribution < 1.29 is 111 Å². The molecule has 0 saturated carbocycles. The SMILES string of the molecule is COC(=O)C(C(=O)OC)=C(C)C[n+]1ccc2ccccc2c1.Fc1c(F)c(F)c([B-](c2c(F)c(F)c(F)c(F)c2F)(c2c(F)c(F)c(F)c(F)c2F)c2c(F)c(F)c(F)c(F)c2F)c(F)c1F. The minimum absolute atomic E-state index is 0.0642. The minimum atomic E-state index is -7.22. The van der Waals surface area contributed by atoms with Gasteiger partial charge in [0.25, 0.3) is 0 Å². The lowest BCUT2D eigenvalue weighted by Gasteiger charge is -2.44. The van der Waals surface area contributed by atoms with Gasteiger partial charge in [-0.25, -0.2) is 102 Å². The van der Waals surface area contributed by atoms with Crippen LogP contribution in [0.4, 0.5) is 87.8 Å². The Morgan fingerprint density at radius 2 is 0.672 bits per heavy atom. The van der Waals surface area contributed by atoms with Crippen LogP contribution in [0.1, 0.15) is 6.92 Å². The highest BCUT2D eigenvalue weighted by Crippen LogP contribution is 2.31. The maximum Gasteiger partial charge on any atom is 0.345 e. The van der Waals surface area contributed by atoms with Gasteiger partial charge >= 0.3 is 11.9 Å². The molecule has 67 heavy (non-hydrogen) atoms. The van der Waals surface area contributed by atoms with Crippen molar-refractivity contribution in [2.75, 3.05) is 14.2 Å². The summed E-state index contributed by atoms with van der Waals surface area (Å²) in [5, 5.41) is 2.21. The number of allylic oxidation sites excluding steroid dienone is 1. The minimum Gasteiger partial charge on any atom is -0.465 e. The van der Waals surface area contributed by atoms with Crippen LogP contribution in [-0.4, -0.2) is 32.3 Å². The fourth-order valence-corrected chi connectivity index (χ4v) is 7.14. The normalized spacial score (nSPS) is 11.4. The number of rotatable bonds is 8. The zero-order chi connectivity index (χ0) is 50.5. The van der Waals surface area contributed by atoms with Gasteiger partial charge in [-0.2, -0.15) is 0 Å². The molecule has 0 aliphatic carbocycles. The van der Waals surface area contributed by atoms with E-state index in [1.54, 1.807) is 6.92 Å². The Kier molecular flexibility index (Phi) is 14.4. The van der Waals surface area contributed by atoms with Gasteiger partial charge in [0.1, 0.15) is 58.3 Å². The largest absolute Gasteiger partial charge is 0.465 e. The highest BCUT2D eigenvalue weighted by atomic mass is 19.2. The maximum atomic E-state index is 15.4. The van der Waals surface area contributed by atoms with Gasteiger partial charge in [0.15, 0.2) is 88.7 Å². The molecule has 0 bridgehead atoms. The Bertz CT molecular complexity index is 2690. The van der Waals surface area contributed by atoms with Crippen LogP contribution >= 0.6 is 0 Å². The van der Waals surface area contributed by atoms with E-state index in [0.29, 0.717) is 12.1 Å². The van der Waals surface area contributed by atoms with E-state index in [9.17, 15) is 62.3 Å². The first-order valence-corrected chi connectivity index (χ1v) is 17.7. The smallest absolute Gasteiger partial charge is 0.345 e. The predicted molar refractivity (Wildman–Crippen MR) is 190 cm³/mol. The van der Waals surface area contributed by atoms with E-state index in [-0.39, 0.29) is 5.57 Å². The number of esters is 2. The number of fused-ring (bicyclic) bond motifs is 1. The second-order valence-electron chi connectivity index (χ2n) is 13.7. The van der Waals surface area contributed by atoms with Crippen molar-refractivity contribution in [3.8, 4) is 0 Å². The number of carbonyl (C=O) groups is 2. The number of aromatic nitrogens is 1. The van der Waals surface area contributed by atoms with Crippen LogP contribution in [0.15, 0.2) is 53.9 Å². The summed E-state index contributed by atoms with van der Waals surface area (Å²) >= 11 is 0. The van der Waals surface area contributed by atoms with Crippen LogP contribution < -0.4 is 26.4 Å². The van der Waals surface area contributed by atoms with Gasteiger partial charge < -0.3 is 9.47 Å². The third kappa shape index (κ3) is 8.14. The summed E-state index contributed by atoms with van der Waals surface area (Å²) in [6.07, 6.45) is -3.35. The maximum absolute atomic E-state index is 15.4. The average molecular weight is 979 g/mol. The second kappa shape index (κ2) is 19.0. The van der Waals surface area contributed by atoms with Crippen molar-refractivity contribution >= 4 is 50.7 Å². The molecular formula is C41H18BF20NO4. The molecule has 0 aliphatic heterocycles. The third-order valence-electron chi connectivity index (χ3n) is 10.1. The summed E-state index contributed by atoms with van der Waals surface area (Å²) in [5.74, 6) is -72.8. The number of hydrogen-bond donors (Lipinski definition) is 0. The van der Waals surface area contributed by atoms with Gasteiger partial charge in [-0.05, 0) is 18.4 Å². The summed E-state index contributed by atoms with van der Waals surface area (Å²) in [4.78, 5) is 23.5. The fraction of sp³-hybridized carbons (Fsp3) is 0.0976. The van der Waals surface area contributed by atoms with Crippen molar-refractivity contribution in [1.82, 2.24) is 0 Å². The van der Waals surface area contributed by atoms with Crippen molar-refractivity contribution in [3.05, 3.63) is 170 Å². The molecule has 0 saturated heterocycles. The van der Waals surface area contributed by atoms with Crippen LogP contribution in [0.25, 0.3) is 10.8 Å². The molecule has 0 unspecified atom stereocenters. The lowest BCUT2D eigenvalue weighted by Crippen LogP contribution is -2.81. The number of hydrogen-bond acceptors (Lipinski definition) is 4. The molecule has 5 aromatic carbocycles. The molecule has 0 aliphatic rings. The molecule has 0 fully saturated rings. The van der Waals surface area contributed by atoms with E-state index in [4.69, 9.17) is 0 Å². The predicted octanol–water partition coefficient (Wildman–Crippen LogP) is 7.64. The molecular weight excluding hydrogens is 961 g/mol. The number of methoxy groups -OCH3 is 2. The molecule has 1 aromatic heterocycles. The van der Waals surface area contributed by atoms with E-state index >= 15 is 35.1 Å². The van der Waals surface area contributed by atoms with Crippen molar-refractivity contribution in [2.24, 2.45) is 0 Å². The summed E-state index contributed by atoms with van der Waals surface area (Å²) in [6, 6.07) is 9.95. The zero-order valence-electron chi connectivity index (χ0n) is 33.0. The molecule has 5 nitrogen and oxygen atoms in total. The van der Waals surface area contributed by atoms with Gasteiger partial charge in [-0.15, -0.1) is 21.9 Å². The molecule has 0 atom stereocenters. The molecule has 26 heteroatoms. The Labute approximate surface area is 360 Å². The molecule has 354 valence electrons. The molecule has 0 N–H and O–H groups in total. The van der Waals surface area contributed by atoms with Crippen LogP contribution in [0.3, 0.4) is 0 Å². The first kappa shape index (κ1) is 50.8. The lowest BCUT2D eigenvalue weighted by molar-refractivity contribution is -0.687. The van der Waals surface area contributed by atoms with Gasteiger partial charge in [-0.1, -0.05) is 18.2 Å². The Hall–Kier alpha value is -7.15. The van der Waals surface area contributed by atoms with Crippen molar-refractivity contribution in [2.45, 2.75) is 13.5 Å². The molecule has 0 amide bonds. The molecule has 0 spiro atoms. The van der Waals surface area contributed by atoms with Crippen molar-refractivity contribution in [1.29, 1.82) is 0 Å². The Morgan fingerprint density at radius 3 is 0.940 bits per heavy atom. The summed E-state index contributed by atoms with van der Waals surface area (Å²) in [5.41, 5.74) is -13.8. The van der Waals surface area contributed by atoms with E-state index < -0.39 is 156 Å². The first-order chi connectivity index (χ1) is 31.3. The van der Waals surface area contributed by atoms with Crippen LogP contribution in [0.2, 0.25) is 0 Å². The van der Waals surface area contributed by atoms with E-state index in [0.717, 1.165) is 10.8 Å². The number of benzene rings is 5. The van der Waals surface area contributed by atoms with Gasteiger partial charge in [0, 0.05) is 17.0 Å². The van der Waals surface area contributed by atoms with E-state index in [1.807, 2.05) is 47.3 Å². The Morgan fingerprint density at radius 1 is 0.418 bits per heavy atom. The van der Waals surface area contributed by atoms with Gasteiger partial charge in [0.2, 0.25) is 0 Å². The van der Waals surface area contributed by atoms with E-state index in [1.165, 1.54) is 14.2 Å². The molecule has 6 aromatic rings. The second-order valence-corrected chi connectivity index (χ2v) is 13.7. The molecule has 6 rings (SSSR count). The summed E-state index contributed by atoms with van der Waals surface area (Å²) < 4.78 is 305.